The lowest BCUT2D eigenvalue weighted by atomic mass is 9.99. The summed E-state index contributed by atoms with van der Waals surface area (Å²) in [4.78, 5) is 0. The Bertz CT molecular complexity index is 786. The minimum absolute atomic E-state index is 0.545. The third-order valence-corrected chi connectivity index (χ3v) is 3.99. The fraction of sp³-hybridized carbons (Fsp3) is 0.136. The first-order chi connectivity index (χ1) is 12.3. The molecular weight excluding hydrogens is 308 g/mol. The smallest absolute Gasteiger partial charge is 0.0982 e. The average Bonchev–Trinajstić information content (AvgIpc) is 2.67. The second-order valence-electron chi connectivity index (χ2n) is 5.95. The molecule has 0 bridgehead atoms. The summed E-state index contributed by atoms with van der Waals surface area (Å²) in [6.45, 7) is 0. The third kappa shape index (κ3) is 5.30. The van der Waals surface area contributed by atoms with Gasteiger partial charge in [-0.3, -0.25) is 5.43 Å². The van der Waals surface area contributed by atoms with Gasteiger partial charge in [-0.1, -0.05) is 78.9 Å². The maximum Gasteiger partial charge on any atom is 0.0982 e. The Labute approximate surface area is 148 Å². The van der Waals surface area contributed by atoms with Gasteiger partial charge in [-0.15, -0.1) is 0 Å². The van der Waals surface area contributed by atoms with Gasteiger partial charge in [-0.05, 0) is 23.3 Å². The Kier molecular flexibility index (Phi) is 5.96. The van der Waals surface area contributed by atoms with E-state index in [0.717, 1.165) is 22.5 Å². The van der Waals surface area contributed by atoms with Gasteiger partial charge in [-0.25, -0.2) is 0 Å². The number of aliphatic hydroxyl groups excluding tert-OH is 1. The molecule has 2 N–H and O–H groups in total. The van der Waals surface area contributed by atoms with Crippen molar-refractivity contribution in [2.45, 2.75) is 18.9 Å². The van der Waals surface area contributed by atoms with Crippen molar-refractivity contribution in [1.29, 1.82) is 0 Å². The summed E-state index contributed by atoms with van der Waals surface area (Å²) in [6, 6.07) is 29.9. The quantitative estimate of drug-likeness (QED) is 0.501. The minimum Gasteiger partial charge on any atom is -0.387 e. The Hall–Kier alpha value is -2.91. The van der Waals surface area contributed by atoms with E-state index in [1.54, 1.807) is 0 Å². The van der Waals surface area contributed by atoms with Crippen LogP contribution in [-0.4, -0.2) is 16.9 Å². The zero-order chi connectivity index (χ0) is 17.3. The first-order valence-corrected chi connectivity index (χ1v) is 8.45. The third-order valence-electron chi connectivity index (χ3n) is 3.99. The number of hydrogen-bond acceptors (Lipinski definition) is 3. The molecule has 0 heterocycles. The first-order valence-electron chi connectivity index (χ1n) is 8.45. The predicted molar refractivity (Wildman–Crippen MR) is 104 cm³/mol. The molecule has 3 aromatic carbocycles. The Morgan fingerprint density at radius 2 is 1.28 bits per heavy atom. The number of nitrogens with one attached hydrogen (secondary N) is 1. The summed E-state index contributed by atoms with van der Waals surface area (Å²) >= 11 is 0. The molecule has 0 spiro atoms. The van der Waals surface area contributed by atoms with Crippen LogP contribution < -0.4 is 5.43 Å². The average molecular weight is 330 g/mol. The summed E-state index contributed by atoms with van der Waals surface area (Å²) in [5.74, 6) is 0. The fourth-order valence-corrected chi connectivity index (χ4v) is 2.64. The van der Waals surface area contributed by atoms with E-state index in [2.05, 4.69) is 10.5 Å². The standard InChI is InChI=1S/C22H22N2O/c25-22(17-19-12-6-2-7-13-19)21(16-18-10-4-1-5-11-18)24-23-20-14-8-3-9-15-20/h1-15,22-23,25H,16-17H2/b24-21+/t22-/m0/s1. The van der Waals surface area contributed by atoms with Crippen LogP contribution in [0.5, 0.6) is 0 Å². The number of hydrazone groups is 1. The summed E-state index contributed by atoms with van der Waals surface area (Å²) in [7, 11) is 0. The molecule has 0 amide bonds. The van der Waals surface area contributed by atoms with Crippen LogP contribution in [0.15, 0.2) is 96.1 Å². The van der Waals surface area contributed by atoms with Gasteiger partial charge in [-0.2, -0.15) is 5.10 Å². The van der Waals surface area contributed by atoms with Crippen LogP contribution in [0.4, 0.5) is 5.69 Å². The minimum atomic E-state index is -0.640. The maximum absolute atomic E-state index is 10.7. The lowest BCUT2D eigenvalue weighted by Gasteiger charge is -2.15. The molecule has 0 aliphatic carbocycles. The van der Waals surface area contributed by atoms with E-state index >= 15 is 0 Å². The molecule has 25 heavy (non-hydrogen) atoms. The number of hydrogen-bond donors (Lipinski definition) is 2. The zero-order valence-electron chi connectivity index (χ0n) is 14.0. The van der Waals surface area contributed by atoms with Gasteiger partial charge >= 0.3 is 0 Å². The van der Waals surface area contributed by atoms with Crippen molar-refractivity contribution in [3.8, 4) is 0 Å². The van der Waals surface area contributed by atoms with Gasteiger partial charge in [0.2, 0.25) is 0 Å². The van der Waals surface area contributed by atoms with Gasteiger partial charge in [0.1, 0.15) is 0 Å². The lowest BCUT2D eigenvalue weighted by Crippen LogP contribution is -2.26. The highest BCUT2D eigenvalue weighted by Gasteiger charge is 2.14. The molecule has 0 aliphatic heterocycles. The second-order valence-corrected chi connectivity index (χ2v) is 5.95. The van der Waals surface area contributed by atoms with Crippen molar-refractivity contribution in [3.05, 3.63) is 102 Å². The van der Waals surface area contributed by atoms with Gasteiger partial charge in [0, 0.05) is 12.8 Å². The summed E-state index contributed by atoms with van der Waals surface area (Å²) in [5, 5.41) is 15.2. The highest BCUT2D eigenvalue weighted by Crippen LogP contribution is 2.11. The van der Waals surface area contributed by atoms with Crippen molar-refractivity contribution < 1.29 is 5.11 Å². The molecule has 3 nitrogen and oxygen atoms in total. The molecule has 0 radical (unpaired) electrons. The molecule has 0 saturated heterocycles. The van der Waals surface area contributed by atoms with Crippen molar-refractivity contribution in [3.63, 3.8) is 0 Å². The van der Waals surface area contributed by atoms with E-state index in [9.17, 15) is 5.11 Å². The van der Waals surface area contributed by atoms with E-state index in [-0.39, 0.29) is 0 Å². The number of nitrogens with zero attached hydrogens (tertiary/aromatic N) is 1. The molecule has 3 aromatic rings. The van der Waals surface area contributed by atoms with E-state index < -0.39 is 6.10 Å². The van der Waals surface area contributed by atoms with Crippen LogP contribution in [0.3, 0.4) is 0 Å². The van der Waals surface area contributed by atoms with E-state index in [1.807, 2.05) is 91.0 Å². The Morgan fingerprint density at radius 3 is 1.88 bits per heavy atom. The molecule has 0 unspecified atom stereocenters. The summed E-state index contributed by atoms with van der Waals surface area (Å²) in [5.41, 5.74) is 6.90. The second kappa shape index (κ2) is 8.81. The monoisotopic (exact) mass is 330 g/mol. The van der Waals surface area contributed by atoms with Gasteiger partial charge < -0.3 is 5.11 Å². The zero-order valence-corrected chi connectivity index (χ0v) is 14.0. The Morgan fingerprint density at radius 1 is 0.760 bits per heavy atom. The van der Waals surface area contributed by atoms with Crippen molar-refractivity contribution in [2.75, 3.05) is 5.43 Å². The van der Waals surface area contributed by atoms with Crippen LogP contribution >= 0.6 is 0 Å². The van der Waals surface area contributed by atoms with E-state index in [1.165, 1.54) is 0 Å². The van der Waals surface area contributed by atoms with Crippen molar-refractivity contribution >= 4 is 11.4 Å². The van der Waals surface area contributed by atoms with Crippen molar-refractivity contribution in [2.24, 2.45) is 5.10 Å². The molecule has 0 aliphatic rings. The van der Waals surface area contributed by atoms with E-state index in [0.29, 0.717) is 12.8 Å². The summed E-state index contributed by atoms with van der Waals surface area (Å²) in [6.07, 6.45) is 0.510. The largest absolute Gasteiger partial charge is 0.387 e. The SMILES string of the molecule is O[C@@H](Cc1ccccc1)/C(Cc1ccccc1)=N/Nc1ccccc1. The molecule has 1 atom stereocenters. The lowest BCUT2D eigenvalue weighted by molar-refractivity contribution is 0.240. The van der Waals surface area contributed by atoms with Crippen LogP contribution in [0.25, 0.3) is 0 Å². The molecule has 0 fully saturated rings. The highest BCUT2D eigenvalue weighted by atomic mass is 16.3. The number of anilines is 1. The molecule has 0 aromatic heterocycles. The van der Waals surface area contributed by atoms with Gasteiger partial charge in [0.25, 0.3) is 0 Å². The molecule has 3 heteroatoms. The number of benzene rings is 3. The van der Waals surface area contributed by atoms with Crippen molar-refractivity contribution in [1.82, 2.24) is 0 Å². The van der Waals surface area contributed by atoms with Crippen LogP contribution in [0.2, 0.25) is 0 Å². The van der Waals surface area contributed by atoms with Crippen LogP contribution in [0.1, 0.15) is 11.1 Å². The normalized spacial score (nSPS) is 12.6. The Balaban J connectivity index is 1.77. The predicted octanol–water partition coefficient (Wildman–Crippen LogP) is 4.30. The molecular formula is C22H22N2O. The van der Waals surface area contributed by atoms with Crippen LogP contribution in [0, 0.1) is 0 Å². The number of aliphatic hydroxyl groups is 1. The van der Waals surface area contributed by atoms with Crippen LogP contribution in [-0.2, 0) is 12.8 Å². The molecule has 3 rings (SSSR count). The molecule has 0 saturated carbocycles. The van der Waals surface area contributed by atoms with Gasteiger partial charge in [0.05, 0.1) is 17.5 Å². The maximum atomic E-state index is 10.7. The van der Waals surface area contributed by atoms with E-state index in [4.69, 9.17) is 0 Å². The summed E-state index contributed by atoms with van der Waals surface area (Å²) < 4.78 is 0. The highest BCUT2D eigenvalue weighted by molar-refractivity contribution is 5.91. The van der Waals surface area contributed by atoms with Gasteiger partial charge in [0.15, 0.2) is 0 Å². The molecule has 126 valence electrons. The number of rotatable bonds is 7. The number of para-hydroxylation sites is 1. The first kappa shape index (κ1) is 16.9. The topological polar surface area (TPSA) is 44.6 Å². The fourth-order valence-electron chi connectivity index (χ4n) is 2.64.